The molecule has 3 nitrogen and oxygen atoms in total. The van der Waals surface area contributed by atoms with Crippen molar-refractivity contribution in [3.63, 3.8) is 0 Å². The molecule has 1 saturated heterocycles. The number of rotatable bonds is 1. The summed E-state index contributed by atoms with van der Waals surface area (Å²) >= 11 is 0. The zero-order valence-corrected chi connectivity index (χ0v) is 8.46. The summed E-state index contributed by atoms with van der Waals surface area (Å²) in [5.74, 6) is 1.24. The van der Waals surface area contributed by atoms with Crippen LogP contribution in [0.2, 0.25) is 0 Å². The molecule has 2 rings (SSSR count). The van der Waals surface area contributed by atoms with Gasteiger partial charge in [0.25, 0.3) is 0 Å². The fourth-order valence-corrected chi connectivity index (χ4v) is 1.97. The molecule has 0 bridgehead atoms. The van der Waals surface area contributed by atoms with Crippen LogP contribution in [0.25, 0.3) is 0 Å². The number of piperidine rings is 1. The van der Waals surface area contributed by atoms with Crippen LogP contribution in [0.1, 0.15) is 27.2 Å². The highest BCUT2D eigenvalue weighted by Gasteiger charge is 2.52. The van der Waals surface area contributed by atoms with E-state index in [1.807, 2.05) is 20.8 Å². The third kappa shape index (κ3) is 1.85. The van der Waals surface area contributed by atoms with Gasteiger partial charge in [0, 0.05) is 0 Å². The quantitative estimate of drug-likeness (QED) is 0.615. The minimum Gasteiger partial charge on any atom is -0.459 e. The van der Waals surface area contributed by atoms with Crippen LogP contribution < -0.4 is 5.32 Å². The maximum atomic E-state index is 11.6. The van der Waals surface area contributed by atoms with E-state index in [1.165, 1.54) is 6.42 Å². The zero-order valence-electron chi connectivity index (χ0n) is 8.46. The second kappa shape index (κ2) is 2.71. The number of nitrogens with one attached hydrogen (secondary N) is 1. The van der Waals surface area contributed by atoms with Crippen molar-refractivity contribution >= 4 is 5.97 Å². The predicted octanol–water partition coefficient (Wildman–Crippen LogP) is 0.936. The van der Waals surface area contributed by atoms with E-state index in [9.17, 15) is 4.79 Å². The summed E-state index contributed by atoms with van der Waals surface area (Å²) in [5, 5.41) is 3.20. The van der Waals surface area contributed by atoms with Gasteiger partial charge in [0.15, 0.2) is 0 Å². The third-order valence-corrected chi connectivity index (χ3v) is 2.67. The van der Waals surface area contributed by atoms with Crippen LogP contribution in [0.5, 0.6) is 0 Å². The number of hydrogen-bond acceptors (Lipinski definition) is 3. The molecule has 0 aromatic rings. The van der Waals surface area contributed by atoms with Crippen LogP contribution in [0, 0.1) is 11.8 Å². The minimum absolute atomic E-state index is 0.0239. The van der Waals surface area contributed by atoms with Crippen LogP contribution in [-0.4, -0.2) is 24.2 Å². The molecule has 0 spiro atoms. The van der Waals surface area contributed by atoms with E-state index in [1.54, 1.807) is 0 Å². The molecular formula is C10H17NO2. The van der Waals surface area contributed by atoms with Crippen molar-refractivity contribution < 1.29 is 9.53 Å². The van der Waals surface area contributed by atoms with Gasteiger partial charge in [0.1, 0.15) is 11.6 Å². The largest absolute Gasteiger partial charge is 0.459 e. The first-order valence-corrected chi connectivity index (χ1v) is 4.93. The van der Waals surface area contributed by atoms with Gasteiger partial charge in [-0.1, -0.05) is 0 Å². The van der Waals surface area contributed by atoms with Gasteiger partial charge >= 0.3 is 5.97 Å². The molecule has 1 heterocycles. The topological polar surface area (TPSA) is 38.3 Å². The Bertz CT molecular complexity index is 232. The Balaban J connectivity index is 1.90. The third-order valence-electron chi connectivity index (χ3n) is 2.67. The lowest BCUT2D eigenvalue weighted by Gasteiger charge is -2.22. The Kier molecular flexibility index (Phi) is 1.88. The number of carbonyl (C=O) groups is 1. The molecule has 0 radical (unpaired) electrons. The fourth-order valence-electron chi connectivity index (χ4n) is 1.97. The van der Waals surface area contributed by atoms with Gasteiger partial charge in [-0.15, -0.1) is 0 Å². The Morgan fingerprint density at radius 2 is 2.15 bits per heavy atom. The molecule has 3 atom stereocenters. The predicted molar refractivity (Wildman–Crippen MR) is 49.2 cm³/mol. The van der Waals surface area contributed by atoms with Gasteiger partial charge in [-0.2, -0.15) is 0 Å². The lowest BCUT2D eigenvalue weighted by atomic mass is 10.1. The van der Waals surface area contributed by atoms with E-state index in [4.69, 9.17) is 4.74 Å². The molecule has 74 valence electrons. The molecule has 3 heteroatoms. The molecule has 0 amide bonds. The highest BCUT2D eigenvalue weighted by molar-refractivity contribution is 5.77. The van der Waals surface area contributed by atoms with Gasteiger partial charge in [-0.05, 0) is 45.6 Å². The summed E-state index contributed by atoms with van der Waals surface area (Å²) in [6.45, 7) is 6.72. The molecule has 2 fully saturated rings. The summed E-state index contributed by atoms with van der Waals surface area (Å²) in [6, 6.07) is -0.0239. The van der Waals surface area contributed by atoms with Crippen LogP contribution in [-0.2, 0) is 9.53 Å². The molecule has 0 aromatic heterocycles. The molecule has 1 N–H and O–H groups in total. The fraction of sp³-hybridized carbons (Fsp3) is 0.900. The van der Waals surface area contributed by atoms with Crippen LogP contribution in [0.15, 0.2) is 0 Å². The van der Waals surface area contributed by atoms with Gasteiger partial charge < -0.3 is 10.1 Å². The molecular weight excluding hydrogens is 166 g/mol. The van der Waals surface area contributed by atoms with E-state index < -0.39 is 0 Å². The maximum Gasteiger partial charge on any atom is 0.323 e. The summed E-state index contributed by atoms with van der Waals surface area (Å²) < 4.78 is 5.32. The summed E-state index contributed by atoms with van der Waals surface area (Å²) in [5.41, 5.74) is -0.355. The summed E-state index contributed by atoms with van der Waals surface area (Å²) in [7, 11) is 0. The average molecular weight is 183 g/mol. The maximum absolute atomic E-state index is 11.6. The van der Waals surface area contributed by atoms with E-state index in [2.05, 4.69) is 5.32 Å². The summed E-state index contributed by atoms with van der Waals surface area (Å²) in [4.78, 5) is 11.6. The first-order chi connectivity index (χ1) is 5.97. The number of carbonyl (C=O) groups excluding carboxylic acids is 1. The van der Waals surface area contributed by atoms with Crippen molar-refractivity contribution in [1.29, 1.82) is 0 Å². The lowest BCUT2D eigenvalue weighted by Crippen LogP contribution is -2.39. The minimum atomic E-state index is -0.355. The van der Waals surface area contributed by atoms with E-state index in [0.29, 0.717) is 5.92 Å². The summed E-state index contributed by atoms with van der Waals surface area (Å²) in [6.07, 6.45) is 1.21. The van der Waals surface area contributed by atoms with Crippen molar-refractivity contribution in [1.82, 2.24) is 5.32 Å². The SMILES string of the molecule is CC(C)(C)OC(=O)C1NCC2CC21. The van der Waals surface area contributed by atoms with Crippen molar-refractivity contribution in [3.8, 4) is 0 Å². The average Bonchev–Trinajstić information content (AvgIpc) is 2.59. The number of hydrogen-bond donors (Lipinski definition) is 1. The second-order valence-corrected chi connectivity index (χ2v) is 5.08. The van der Waals surface area contributed by atoms with Crippen molar-refractivity contribution in [2.75, 3.05) is 6.54 Å². The van der Waals surface area contributed by atoms with Crippen LogP contribution >= 0.6 is 0 Å². The second-order valence-electron chi connectivity index (χ2n) is 5.08. The Morgan fingerprint density at radius 3 is 2.54 bits per heavy atom. The Labute approximate surface area is 78.8 Å². The molecule has 1 saturated carbocycles. The van der Waals surface area contributed by atoms with Gasteiger partial charge in [0.2, 0.25) is 0 Å². The van der Waals surface area contributed by atoms with Gasteiger partial charge in [0.05, 0.1) is 0 Å². The molecule has 2 aliphatic rings. The van der Waals surface area contributed by atoms with Crippen LogP contribution in [0.4, 0.5) is 0 Å². The Hall–Kier alpha value is -0.570. The van der Waals surface area contributed by atoms with E-state index in [-0.39, 0.29) is 17.6 Å². The monoisotopic (exact) mass is 183 g/mol. The van der Waals surface area contributed by atoms with Crippen molar-refractivity contribution in [2.45, 2.75) is 38.8 Å². The number of fused-ring (bicyclic) bond motifs is 1. The Morgan fingerprint density at radius 1 is 1.46 bits per heavy atom. The first-order valence-electron chi connectivity index (χ1n) is 4.93. The van der Waals surface area contributed by atoms with Crippen molar-refractivity contribution in [2.24, 2.45) is 11.8 Å². The van der Waals surface area contributed by atoms with Crippen molar-refractivity contribution in [3.05, 3.63) is 0 Å². The van der Waals surface area contributed by atoms with Gasteiger partial charge in [-0.3, -0.25) is 4.79 Å². The molecule has 3 unspecified atom stereocenters. The highest BCUT2D eigenvalue weighted by Crippen LogP contribution is 2.45. The highest BCUT2D eigenvalue weighted by atomic mass is 16.6. The van der Waals surface area contributed by atoms with E-state index in [0.717, 1.165) is 12.5 Å². The number of esters is 1. The van der Waals surface area contributed by atoms with Gasteiger partial charge in [-0.25, -0.2) is 0 Å². The molecule has 1 aliphatic carbocycles. The normalized spacial score (nSPS) is 37.0. The first kappa shape index (κ1) is 9.00. The standard InChI is InChI=1S/C10H17NO2/c1-10(2,3)13-9(12)8-7-4-6(7)5-11-8/h6-8,11H,4-5H2,1-3H3. The smallest absolute Gasteiger partial charge is 0.323 e. The van der Waals surface area contributed by atoms with E-state index >= 15 is 0 Å². The lowest BCUT2D eigenvalue weighted by molar-refractivity contribution is -0.157. The molecule has 0 aromatic carbocycles. The number of ether oxygens (including phenoxy) is 1. The van der Waals surface area contributed by atoms with Crippen LogP contribution in [0.3, 0.4) is 0 Å². The zero-order chi connectivity index (χ0) is 9.64. The molecule has 13 heavy (non-hydrogen) atoms. The molecule has 1 aliphatic heterocycles.